The first-order valence-corrected chi connectivity index (χ1v) is 6.28. The van der Waals surface area contributed by atoms with Crippen molar-refractivity contribution >= 4 is 22.6 Å². The number of aromatic nitrogens is 2. The van der Waals surface area contributed by atoms with Gasteiger partial charge in [0.1, 0.15) is 0 Å². The van der Waals surface area contributed by atoms with Crippen molar-refractivity contribution < 1.29 is 0 Å². The van der Waals surface area contributed by atoms with Crippen molar-refractivity contribution in [1.82, 2.24) is 14.9 Å². The topological polar surface area (TPSA) is 46.9 Å². The summed E-state index contributed by atoms with van der Waals surface area (Å²) in [5, 5.41) is 3.42. The van der Waals surface area contributed by atoms with Crippen molar-refractivity contribution in [3.63, 3.8) is 0 Å². The zero-order valence-corrected chi connectivity index (χ0v) is 10.6. The van der Waals surface area contributed by atoms with Gasteiger partial charge in [0.2, 0.25) is 0 Å². The Morgan fingerprint density at radius 2 is 2.40 bits per heavy atom. The van der Waals surface area contributed by atoms with E-state index in [9.17, 15) is 4.79 Å². The predicted molar refractivity (Wildman–Crippen MR) is 66.9 cm³/mol. The smallest absolute Gasteiger partial charge is 0.266 e. The van der Waals surface area contributed by atoms with E-state index in [-0.39, 0.29) is 5.56 Å². The monoisotopic (exact) mass is 319 g/mol. The molecule has 82 valence electrons. The van der Waals surface area contributed by atoms with Gasteiger partial charge >= 0.3 is 0 Å². The van der Waals surface area contributed by atoms with E-state index in [0.717, 1.165) is 25.6 Å². The highest BCUT2D eigenvalue weighted by molar-refractivity contribution is 14.1. The van der Waals surface area contributed by atoms with Crippen molar-refractivity contribution in [2.75, 3.05) is 6.54 Å². The van der Waals surface area contributed by atoms with E-state index in [1.165, 1.54) is 12.8 Å². The lowest BCUT2D eigenvalue weighted by molar-refractivity contribution is 0.561. The minimum Gasteiger partial charge on any atom is -0.314 e. The van der Waals surface area contributed by atoms with Gasteiger partial charge in [-0.15, -0.1) is 0 Å². The van der Waals surface area contributed by atoms with E-state index in [2.05, 4.69) is 10.3 Å². The van der Waals surface area contributed by atoms with Crippen molar-refractivity contribution in [3.05, 3.63) is 26.4 Å². The summed E-state index contributed by atoms with van der Waals surface area (Å²) < 4.78 is 2.36. The molecule has 4 nitrogen and oxygen atoms in total. The van der Waals surface area contributed by atoms with Gasteiger partial charge in [0.15, 0.2) is 0 Å². The Hall–Kier alpha value is -0.430. The minimum absolute atomic E-state index is 0.0667. The second-order valence-corrected chi connectivity index (χ2v) is 4.98. The summed E-state index contributed by atoms with van der Waals surface area (Å²) in [7, 11) is 0. The first-order chi connectivity index (χ1) is 7.27. The molecule has 0 aromatic carbocycles. The van der Waals surface area contributed by atoms with Gasteiger partial charge in [0.25, 0.3) is 5.56 Å². The third kappa shape index (κ3) is 3.27. The standard InChI is InChI=1S/C10H14IN3O/c11-9-6-12-7-14(10(9)15)5-1-4-13-8-2-3-8/h6-8,13H,1-5H2. The van der Waals surface area contributed by atoms with Crippen LogP contribution in [0.25, 0.3) is 0 Å². The van der Waals surface area contributed by atoms with Crippen LogP contribution in [0.1, 0.15) is 19.3 Å². The molecular weight excluding hydrogens is 305 g/mol. The number of hydrogen-bond donors (Lipinski definition) is 1. The maximum absolute atomic E-state index is 11.6. The molecule has 1 aliphatic carbocycles. The molecule has 1 fully saturated rings. The average molecular weight is 319 g/mol. The Bertz CT molecular complexity index is 386. The summed E-state index contributed by atoms with van der Waals surface area (Å²) in [5.41, 5.74) is 0.0667. The molecule has 0 saturated heterocycles. The normalized spacial score (nSPS) is 15.5. The molecule has 1 N–H and O–H groups in total. The number of hydrogen-bond acceptors (Lipinski definition) is 3. The fourth-order valence-electron chi connectivity index (χ4n) is 1.43. The summed E-state index contributed by atoms with van der Waals surface area (Å²) in [6, 6.07) is 0.746. The van der Waals surface area contributed by atoms with Crippen molar-refractivity contribution in [3.8, 4) is 0 Å². The Kier molecular flexibility index (Phi) is 3.74. The van der Waals surface area contributed by atoms with Crippen LogP contribution in [0.2, 0.25) is 0 Å². The summed E-state index contributed by atoms with van der Waals surface area (Å²) in [4.78, 5) is 15.6. The van der Waals surface area contributed by atoms with E-state index in [1.807, 2.05) is 22.6 Å². The van der Waals surface area contributed by atoms with Crippen LogP contribution in [0, 0.1) is 3.57 Å². The van der Waals surface area contributed by atoms with Gasteiger partial charge in [-0.1, -0.05) is 0 Å². The van der Waals surface area contributed by atoms with Crippen LogP contribution in [-0.2, 0) is 6.54 Å². The third-order valence-corrected chi connectivity index (χ3v) is 3.19. The lowest BCUT2D eigenvalue weighted by Gasteiger charge is -2.05. The number of nitrogens with one attached hydrogen (secondary N) is 1. The van der Waals surface area contributed by atoms with Gasteiger partial charge in [-0.3, -0.25) is 9.36 Å². The maximum atomic E-state index is 11.6. The third-order valence-electron chi connectivity index (χ3n) is 2.45. The summed E-state index contributed by atoms with van der Waals surface area (Å²) in [6.07, 6.45) is 6.82. The van der Waals surface area contributed by atoms with E-state index in [1.54, 1.807) is 17.1 Å². The summed E-state index contributed by atoms with van der Waals surface area (Å²) >= 11 is 2.02. The minimum atomic E-state index is 0.0667. The fraction of sp³-hybridized carbons (Fsp3) is 0.600. The first-order valence-electron chi connectivity index (χ1n) is 5.20. The van der Waals surface area contributed by atoms with Crippen molar-refractivity contribution in [2.24, 2.45) is 0 Å². The Labute approximate surface area is 102 Å². The second-order valence-electron chi connectivity index (χ2n) is 3.82. The number of halogens is 1. The number of nitrogens with zero attached hydrogens (tertiary/aromatic N) is 2. The van der Waals surface area contributed by atoms with Gasteiger partial charge < -0.3 is 5.32 Å². The predicted octanol–water partition coefficient (Wildman–Crippen LogP) is 0.990. The van der Waals surface area contributed by atoms with Crippen LogP contribution in [0.5, 0.6) is 0 Å². The molecule has 1 saturated carbocycles. The SMILES string of the molecule is O=c1c(I)cncn1CCCNC1CC1. The van der Waals surface area contributed by atoms with Crippen LogP contribution in [-0.4, -0.2) is 22.1 Å². The van der Waals surface area contributed by atoms with Crippen LogP contribution < -0.4 is 10.9 Å². The van der Waals surface area contributed by atoms with Gasteiger partial charge in [-0.25, -0.2) is 4.98 Å². The van der Waals surface area contributed by atoms with Gasteiger partial charge in [-0.05, 0) is 48.4 Å². The van der Waals surface area contributed by atoms with Crippen LogP contribution >= 0.6 is 22.6 Å². The molecule has 1 aromatic heterocycles. The number of rotatable bonds is 5. The summed E-state index contributed by atoms with van der Waals surface area (Å²) in [6.45, 7) is 1.74. The Morgan fingerprint density at radius 1 is 1.60 bits per heavy atom. The molecule has 0 spiro atoms. The molecule has 15 heavy (non-hydrogen) atoms. The molecule has 1 heterocycles. The lowest BCUT2D eigenvalue weighted by atomic mass is 10.4. The van der Waals surface area contributed by atoms with Crippen LogP contribution in [0.15, 0.2) is 17.3 Å². The molecule has 0 atom stereocenters. The Balaban J connectivity index is 1.81. The highest BCUT2D eigenvalue weighted by atomic mass is 127. The molecule has 0 bridgehead atoms. The highest BCUT2D eigenvalue weighted by Gasteiger charge is 2.19. The molecule has 1 aliphatic rings. The van der Waals surface area contributed by atoms with Crippen LogP contribution in [0.3, 0.4) is 0 Å². The maximum Gasteiger partial charge on any atom is 0.266 e. The zero-order valence-electron chi connectivity index (χ0n) is 8.45. The quantitative estimate of drug-likeness (QED) is 0.650. The van der Waals surface area contributed by atoms with E-state index < -0.39 is 0 Å². The average Bonchev–Trinajstić information content (AvgIpc) is 3.02. The fourth-order valence-corrected chi connectivity index (χ4v) is 1.90. The zero-order chi connectivity index (χ0) is 10.7. The first kappa shape index (κ1) is 11.1. The van der Waals surface area contributed by atoms with Crippen LogP contribution in [0.4, 0.5) is 0 Å². The van der Waals surface area contributed by atoms with Gasteiger partial charge in [-0.2, -0.15) is 0 Å². The molecule has 0 unspecified atom stereocenters. The largest absolute Gasteiger partial charge is 0.314 e. The molecule has 0 aliphatic heterocycles. The molecule has 2 rings (SSSR count). The van der Waals surface area contributed by atoms with Gasteiger partial charge in [0.05, 0.1) is 9.90 Å². The Morgan fingerprint density at radius 3 is 3.13 bits per heavy atom. The van der Waals surface area contributed by atoms with E-state index >= 15 is 0 Å². The number of aryl methyl sites for hydroxylation is 1. The molecule has 5 heteroatoms. The van der Waals surface area contributed by atoms with E-state index in [0.29, 0.717) is 3.57 Å². The van der Waals surface area contributed by atoms with Gasteiger partial charge in [0, 0.05) is 18.8 Å². The molecule has 0 amide bonds. The molecular formula is C10H14IN3O. The van der Waals surface area contributed by atoms with E-state index in [4.69, 9.17) is 0 Å². The van der Waals surface area contributed by atoms with Crippen molar-refractivity contribution in [1.29, 1.82) is 0 Å². The lowest BCUT2D eigenvalue weighted by Crippen LogP contribution is -2.25. The second kappa shape index (κ2) is 5.07. The molecule has 1 aromatic rings. The van der Waals surface area contributed by atoms with Crippen molar-refractivity contribution in [2.45, 2.75) is 31.8 Å². The molecule has 0 radical (unpaired) electrons. The highest BCUT2D eigenvalue weighted by Crippen LogP contribution is 2.18. The summed E-state index contributed by atoms with van der Waals surface area (Å²) in [5.74, 6) is 0.